The minimum atomic E-state index is -0.679. The number of hydrogen-bond donors (Lipinski definition) is 0. The Kier molecular flexibility index (Phi) is 6.35. The molecule has 28 heavy (non-hydrogen) atoms. The van der Waals surface area contributed by atoms with Crippen LogP contribution in [0.5, 0.6) is 0 Å². The molecule has 1 aromatic heterocycles. The quantitative estimate of drug-likeness (QED) is 0.697. The molecule has 8 nitrogen and oxygen atoms in total. The molecule has 0 radical (unpaired) electrons. The van der Waals surface area contributed by atoms with Gasteiger partial charge in [0, 0.05) is 24.4 Å². The van der Waals surface area contributed by atoms with Gasteiger partial charge in [0.1, 0.15) is 22.3 Å². The Hall–Kier alpha value is -2.81. The zero-order chi connectivity index (χ0) is 20.1. The van der Waals surface area contributed by atoms with Gasteiger partial charge in [-0.25, -0.2) is 4.79 Å². The van der Waals surface area contributed by atoms with Crippen molar-refractivity contribution in [2.24, 2.45) is 0 Å². The van der Waals surface area contributed by atoms with Crippen molar-refractivity contribution in [1.82, 2.24) is 10.1 Å². The standard InChI is InChI=1S/C19H20N2O6S/c1-12-16(17(20-27-12)13-6-4-3-5-7-13)19(24)26-11-15(22)21-8-9-28-14(10-21)18(23)25-2/h3-7,14H,8-11H2,1-2H3/t14-/m0/s1. The highest BCUT2D eigenvalue weighted by molar-refractivity contribution is 8.00. The number of benzene rings is 1. The van der Waals surface area contributed by atoms with Gasteiger partial charge in [-0.3, -0.25) is 9.59 Å². The van der Waals surface area contributed by atoms with Gasteiger partial charge in [0.15, 0.2) is 6.61 Å². The van der Waals surface area contributed by atoms with E-state index in [2.05, 4.69) is 5.16 Å². The van der Waals surface area contributed by atoms with Gasteiger partial charge in [-0.15, -0.1) is 11.8 Å². The van der Waals surface area contributed by atoms with Gasteiger partial charge >= 0.3 is 11.9 Å². The molecule has 148 valence electrons. The van der Waals surface area contributed by atoms with Crippen molar-refractivity contribution in [2.75, 3.05) is 32.6 Å². The first-order valence-electron chi connectivity index (χ1n) is 8.67. The van der Waals surface area contributed by atoms with Crippen LogP contribution in [0.4, 0.5) is 0 Å². The van der Waals surface area contributed by atoms with Crippen LogP contribution in [0.3, 0.4) is 0 Å². The molecule has 0 aliphatic carbocycles. The van der Waals surface area contributed by atoms with E-state index in [1.807, 2.05) is 18.2 Å². The molecule has 1 fully saturated rings. The highest BCUT2D eigenvalue weighted by Gasteiger charge is 2.30. The summed E-state index contributed by atoms with van der Waals surface area (Å²) in [5, 5.41) is 3.51. The fraction of sp³-hybridized carbons (Fsp3) is 0.368. The van der Waals surface area contributed by atoms with Crippen molar-refractivity contribution in [1.29, 1.82) is 0 Å². The van der Waals surface area contributed by atoms with Crippen LogP contribution in [0.25, 0.3) is 11.3 Å². The lowest BCUT2D eigenvalue weighted by Gasteiger charge is -2.30. The number of carbonyl (C=O) groups excluding carboxylic acids is 3. The topological polar surface area (TPSA) is 98.9 Å². The van der Waals surface area contributed by atoms with E-state index in [-0.39, 0.29) is 24.0 Å². The Labute approximate surface area is 166 Å². The lowest BCUT2D eigenvalue weighted by Crippen LogP contribution is -2.46. The lowest BCUT2D eigenvalue weighted by atomic mass is 10.1. The number of methoxy groups -OCH3 is 1. The van der Waals surface area contributed by atoms with Crippen LogP contribution >= 0.6 is 11.8 Å². The SMILES string of the molecule is COC(=O)[C@@H]1CN(C(=O)COC(=O)c2c(-c3ccccc3)noc2C)CCS1. The number of thioether (sulfide) groups is 1. The smallest absolute Gasteiger partial charge is 0.344 e. The van der Waals surface area contributed by atoms with Crippen molar-refractivity contribution in [3.63, 3.8) is 0 Å². The molecule has 0 N–H and O–H groups in total. The molecule has 3 rings (SSSR count). The van der Waals surface area contributed by atoms with E-state index in [0.717, 1.165) is 0 Å². The summed E-state index contributed by atoms with van der Waals surface area (Å²) in [5.41, 5.74) is 1.28. The van der Waals surface area contributed by atoms with Crippen LogP contribution in [0.1, 0.15) is 16.1 Å². The highest BCUT2D eigenvalue weighted by atomic mass is 32.2. The average molecular weight is 404 g/mol. The number of esters is 2. The number of carbonyl (C=O) groups is 3. The van der Waals surface area contributed by atoms with Gasteiger partial charge < -0.3 is 18.9 Å². The fourth-order valence-corrected chi connectivity index (χ4v) is 3.97. The molecule has 1 amide bonds. The molecule has 0 spiro atoms. The normalized spacial score (nSPS) is 16.5. The Balaban J connectivity index is 1.64. The first-order chi connectivity index (χ1) is 13.5. The molecule has 0 bridgehead atoms. The van der Waals surface area contributed by atoms with Crippen LogP contribution in [0.15, 0.2) is 34.9 Å². The van der Waals surface area contributed by atoms with E-state index in [9.17, 15) is 14.4 Å². The predicted octanol–water partition coefficient (Wildman–Crippen LogP) is 1.92. The van der Waals surface area contributed by atoms with E-state index >= 15 is 0 Å². The lowest BCUT2D eigenvalue weighted by molar-refractivity contribution is -0.141. The number of rotatable bonds is 5. The third kappa shape index (κ3) is 4.36. The maximum Gasteiger partial charge on any atom is 0.344 e. The molecule has 1 saturated heterocycles. The molecule has 2 heterocycles. The summed E-state index contributed by atoms with van der Waals surface area (Å²) in [6, 6.07) is 9.11. The highest BCUT2D eigenvalue weighted by Crippen LogP contribution is 2.26. The Morgan fingerprint density at radius 3 is 2.75 bits per heavy atom. The van der Waals surface area contributed by atoms with Crippen LogP contribution in [0.2, 0.25) is 0 Å². The molecule has 9 heteroatoms. The zero-order valence-electron chi connectivity index (χ0n) is 15.5. The third-order valence-corrected chi connectivity index (χ3v) is 5.49. The fourth-order valence-electron chi connectivity index (χ4n) is 2.85. The van der Waals surface area contributed by atoms with E-state index in [4.69, 9.17) is 14.0 Å². The Morgan fingerprint density at radius 1 is 1.29 bits per heavy atom. The van der Waals surface area contributed by atoms with E-state index < -0.39 is 17.8 Å². The van der Waals surface area contributed by atoms with Gasteiger partial charge in [0.05, 0.1) is 7.11 Å². The number of ether oxygens (including phenoxy) is 2. The van der Waals surface area contributed by atoms with Gasteiger partial charge in [-0.05, 0) is 6.92 Å². The number of hydrogen-bond acceptors (Lipinski definition) is 8. The van der Waals surface area contributed by atoms with Crippen LogP contribution in [-0.4, -0.2) is 65.7 Å². The molecule has 0 unspecified atom stereocenters. The first-order valence-corrected chi connectivity index (χ1v) is 9.72. The molecule has 0 saturated carbocycles. The molecule has 1 aliphatic rings. The number of amides is 1. The summed E-state index contributed by atoms with van der Waals surface area (Å²) in [5.74, 6) is -0.481. The molecule has 1 aliphatic heterocycles. The average Bonchev–Trinajstić information content (AvgIpc) is 3.13. The second kappa shape index (κ2) is 8.92. The minimum absolute atomic E-state index is 0.195. The minimum Gasteiger partial charge on any atom is -0.468 e. The van der Waals surface area contributed by atoms with Gasteiger partial charge in [0.25, 0.3) is 5.91 Å². The molecule has 1 atom stereocenters. The Morgan fingerprint density at radius 2 is 2.04 bits per heavy atom. The second-order valence-electron chi connectivity index (χ2n) is 6.13. The van der Waals surface area contributed by atoms with E-state index in [0.29, 0.717) is 29.3 Å². The molecular formula is C19H20N2O6S. The summed E-state index contributed by atoms with van der Waals surface area (Å²) >= 11 is 1.44. The van der Waals surface area contributed by atoms with Gasteiger partial charge in [0.2, 0.25) is 0 Å². The molecule has 1 aromatic carbocycles. The maximum absolute atomic E-state index is 12.6. The summed E-state index contributed by atoms with van der Waals surface area (Å²) in [6.45, 7) is 1.91. The van der Waals surface area contributed by atoms with Crippen molar-refractivity contribution >= 4 is 29.6 Å². The maximum atomic E-state index is 12.6. The first kappa shape index (κ1) is 19.9. The molecular weight excluding hydrogens is 384 g/mol. The summed E-state index contributed by atoms with van der Waals surface area (Å²) in [7, 11) is 1.32. The van der Waals surface area contributed by atoms with Crippen molar-refractivity contribution in [2.45, 2.75) is 12.2 Å². The van der Waals surface area contributed by atoms with Crippen molar-refractivity contribution in [3.05, 3.63) is 41.7 Å². The summed E-state index contributed by atoms with van der Waals surface area (Å²) in [6.07, 6.45) is 0. The monoisotopic (exact) mass is 404 g/mol. The van der Waals surface area contributed by atoms with Gasteiger partial charge in [-0.1, -0.05) is 35.5 Å². The number of aryl methyl sites for hydroxylation is 1. The number of nitrogens with zero attached hydrogens (tertiary/aromatic N) is 2. The third-order valence-electron chi connectivity index (χ3n) is 4.32. The second-order valence-corrected chi connectivity index (χ2v) is 7.44. The zero-order valence-corrected chi connectivity index (χ0v) is 16.4. The van der Waals surface area contributed by atoms with Crippen LogP contribution in [-0.2, 0) is 19.1 Å². The molecule has 2 aromatic rings. The van der Waals surface area contributed by atoms with E-state index in [1.54, 1.807) is 19.1 Å². The summed E-state index contributed by atoms with van der Waals surface area (Å²) in [4.78, 5) is 38.2. The van der Waals surface area contributed by atoms with Crippen LogP contribution in [0, 0.1) is 6.92 Å². The van der Waals surface area contributed by atoms with Crippen molar-refractivity contribution in [3.8, 4) is 11.3 Å². The summed E-state index contributed by atoms with van der Waals surface area (Å²) < 4.78 is 15.1. The van der Waals surface area contributed by atoms with Crippen molar-refractivity contribution < 1.29 is 28.4 Å². The number of aromatic nitrogens is 1. The van der Waals surface area contributed by atoms with Gasteiger partial charge in [-0.2, -0.15) is 0 Å². The predicted molar refractivity (Wildman–Crippen MR) is 102 cm³/mol. The Bertz CT molecular complexity index is 867. The largest absolute Gasteiger partial charge is 0.468 e. The van der Waals surface area contributed by atoms with E-state index in [1.165, 1.54) is 23.8 Å². The van der Waals surface area contributed by atoms with Crippen LogP contribution < -0.4 is 0 Å².